The molecule has 0 aliphatic carbocycles. The molecule has 0 unspecified atom stereocenters. The van der Waals surface area contributed by atoms with Crippen molar-refractivity contribution in [1.82, 2.24) is 14.8 Å². The van der Waals surface area contributed by atoms with Crippen molar-refractivity contribution in [3.63, 3.8) is 0 Å². The number of aromatic nitrogens is 3. The predicted molar refractivity (Wildman–Crippen MR) is 64.2 cm³/mol. The highest BCUT2D eigenvalue weighted by Gasteiger charge is 2.05. The minimum Gasteiger partial charge on any atom is -0.478 e. The molecule has 0 bridgehead atoms. The maximum Gasteiger partial charge on any atom is 0.328 e. The van der Waals surface area contributed by atoms with Crippen molar-refractivity contribution in [2.75, 3.05) is 0 Å². The average Bonchev–Trinajstić information content (AvgIpc) is 2.73. The van der Waals surface area contributed by atoms with Crippen molar-refractivity contribution in [3.05, 3.63) is 42.4 Å². The molecule has 0 fully saturated rings. The molecule has 0 saturated heterocycles. The second-order valence-corrected chi connectivity index (χ2v) is 3.52. The van der Waals surface area contributed by atoms with Gasteiger partial charge >= 0.3 is 5.97 Å². The van der Waals surface area contributed by atoms with Crippen molar-refractivity contribution < 1.29 is 14.6 Å². The van der Waals surface area contributed by atoms with Gasteiger partial charge in [-0.2, -0.15) is 5.10 Å². The predicted octanol–water partition coefficient (Wildman–Crippen LogP) is 1.71. The summed E-state index contributed by atoms with van der Waals surface area (Å²) in [4.78, 5) is 14.5. The van der Waals surface area contributed by atoms with Gasteiger partial charge in [-0.1, -0.05) is 0 Å². The van der Waals surface area contributed by atoms with E-state index in [0.717, 1.165) is 6.08 Å². The highest BCUT2D eigenvalue weighted by molar-refractivity contribution is 5.85. The number of aryl methyl sites for hydroxylation is 1. The van der Waals surface area contributed by atoms with Crippen molar-refractivity contribution >= 4 is 12.0 Å². The van der Waals surface area contributed by atoms with E-state index in [9.17, 15) is 4.79 Å². The number of hydrogen-bond acceptors (Lipinski definition) is 4. The van der Waals surface area contributed by atoms with E-state index in [-0.39, 0.29) is 0 Å². The molecule has 1 N–H and O–H groups in total. The number of carbonyl (C=O) groups is 1. The van der Waals surface area contributed by atoms with E-state index in [1.165, 1.54) is 6.08 Å². The van der Waals surface area contributed by atoms with E-state index < -0.39 is 5.97 Å². The van der Waals surface area contributed by atoms with Gasteiger partial charge in [0.1, 0.15) is 0 Å². The summed E-state index contributed by atoms with van der Waals surface area (Å²) in [6.07, 6.45) is 7.29. The number of nitrogens with zero attached hydrogens (tertiary/aromatic N) is 3. The molecule has 6 heteroatoms. The number of rotatable bonds is 4. The summed E-state index contributed by atoms with van der Waals surface area (Å²) in [6.45, 7) is 0. The van der Waals surface area contributed by atoms with Crippen LogP contribution in [0.25, 0.3) is 6.08 Å². The third-order valence-electron chi connectivity index (χ3n) is 2.10. The summed E-state index contributed by atoms with van der Waals surface area (Å²) in [5, 5.41) is 12.6. The Bertz CT molecular complexity index is 590. The minimum absolute atomic E-state index is 0.336. The second kappa shape index (κ2) is 5.13. The quantitative estimate of drug-likeness (QED) is 0.829. The Balaban J connectivity index is 2.24. The van der Waals surface area contributed by atoms with Gasteiger partial charge in [-0.25, -0.2) is 9.78 Å². The molecule has 0 atom stereocenters. The monoisotopic (exact) mass is 245 g/mol. The molecule has 92 valence electrons. The van der Waals surface area contributed by atoms with Gasteiger partial charge in [-0.15, -0.1) is 0 Å². The summed E-state index contributed by atoms with van der Waals surface area (Å²) in [7, 11) is 1.77. The molecule has 0 amide bonds. The smallest absolute Gasteiger partial charge is 0.328 e. The van der Waals surface area contributed by atoms with Crippen LogP contribution >= 0.6 is 0 Å². The van der Waals surface area contributed by atoms with E-state index >= 15 is 0 Å². The van der Waals surface area contributed by atoms with Crippen LogP contribution in [0.4, 0.5) is 0 Å². The fourth-order valence-corrected chi connectivity index (χ4v) is 1.34. The summed E-state index contributed by atoms with van der Waals surface area (Å²) in [6, 6.07) is 3.43. The van der Waals surface area contributed by atoms with Crippen LogP contribution in [0, 0.1) is 0 Å². The van der Waals surface area contributed by atoms with Crippen LogP contribution < -0.4 is 4.74 Å². The Hall–Kier alpha value is -2.63. The Morgan fingerprint density at radius 3 is 3.06 bits per heavy atom. The van der Waals surface area contributed by atoms with Gasteiger partial charge in [-0.3, -0.25) is 4.68 Å². The van der Waals surface area contributed by atoms with Crippen LogP contribution in [0.15, 0.2) is 36.8 Å². The van der Waals surface area contributed by atoms with Crippen molar-refractivity contribution in [3.8, 4) is 11.6 Å². The summed E-state index contributed by atoms with van der Waals surface area (Å²) >= 11 is 0. The molecule has 6 nitrogen and oxygen atoms in total. The average molecular weight is 245 g/mol. The highest BCUT2D eigenvalue weighted by Crippen LogP contribution is 2.22. The van der Waals surface area contributed by atoms with E-state index in [1.54, 1.807) is 42.5 Å². The number of carboxylic acids is 1. The Morgan fingerprint density at radius 1 is 1.56 bits per heavy atom. The number of pyridine rings is 1. The van der Waals surface area contributed by atoms with Gasteiger partial charge < -0.3 is 9.84 Å². The standard InChI is InChI=1S/C12H11N3O3/c1-15-8-10(7-14-15)18-12-9(3-2-6-13-12)4-5-11(16)17/h2-8H,1H3,(H,16,17)/b5-4+. The first kappa shape index (κ1) is 11.8. The van der Waals surface area contributed by atoms with Crippen molar-refractivity contribution in [1.29, 1.82) is 0 Å². The first-order valence-corrected chi connectivity index (χ1v) is 5.17. The zero-order chi connectivity index (χ0) is 13.0. The molecular formula is C12H11N3O3. The lowest BCUT2D eigenvalue weighted by atomic mass is 10.2. The van der Waals surface area contributed by atoms with Crippen LogP contribution in [-0.4, -0.2) is 25.8 Å². The van der Waals surface area contributed by atoms with E-state index in [0.29, 0.717) is 17.2 Å². The third kappa shape index (κ3) is 2.94. The Kier molecular flexibility index (Phi) is 3.38. The van der Waals surface area contributed by atoms with Gasteiger partial charge in [0, 0.05) is 24.9 Å². The molecule has 18 heavy (non-hydrogen) atoms. The largest absolute Gasteiger partial charge is 0.478 e. The van der Waals surface area contributed by atoms with Crippen LogP contribution in [0.2, 0.25) is 0 Å². The lowest BCUT2D eigenvalue weighted by Crippen LogP contribution is -1.91. The van der Waals surface area contributed by atoms with Crippen molar-refractivity contribution in [2.45, 2.75) is 0 Å². The molecule has 2 aromatic heterocycles. The summed E-state index contributed by atoms with van der Waals surface area (Å²) in [5.41, 5.74) is 0.587. The fraction of sp³-hybridized carbons (Fsp3) is 0.0833. The van der Waals surface area contributed by atoms with Crippen LogP contribution in [-0.2, 0) is 11.8 Å². The number of carboxylic acid groups (broad SMARTS) is 1. The molecule has 2 rings (SSSR count). The summed E-state index contributed by atoms with van der Waals surface area (Å²) in [5.74, 6) is -0.143. The normalized spacial score (nSPS) is 10.7. The number of aliphatic carboxylic acids is 1. The number of ether oxygens (including phenoxy) is 1. The molecule has 2 heterocycles. The molecule has 0 aromatic carbocycles. The van der Waals surface area contributed by atoms with Gasteiger partial charge in [0.2, 0.25) is 5.88 Å². The first-order valence-electron chi connectivity index (χ1n) is 5.17. The lowest BCUT2D eigenvalue weighted by molar-refractivity contribution is -0.131. The molecule has 0 spiro atoms. The fourth-order valence-electron chi connectivity index (χ4n) is 1.34. The highest BCUT2D eigenvalue weighted by atomic mass is 16.5. The third-order valence-corrected chi connectivity index (χ3v) is 2.10. The summed E-state index contributed by atoms with van der Waals surface area (Å²) < 4.78 is 7.13. The molecule has 0 aliphatic heterocycles. The molecule has 0 radical (unpaired) electrons. The van der Waals surface area contributed by atoms with Gasteiger partial charge in [0.25, 0.3) is 0 Å². The van der Waals surface area contributed by atoms with E-state index in [1.807, 2.05) is 0 Å². The maximum absolute atomic E-state index is 10.5. The zero-order valence-corrected chi connectivity index (χ0v) is 9.65. The zero-order valence-electron chi connectivity index (χ0n) is 9.65. The van der Waals surface area contributed by atoms with Crippen LogP contribution in [0.5, 0.6) is 11.6 Å². The second-order valence-electron chi connectivity index (χ2n) is 3.52. The van der Waals surface area contributed by atoms with E-state index in [4.69, 9.17) is 9.84 Å². The van der Waals surface area contributed by atoms with Crippen LogP contribution in [0.3, 0.4) is 0 Å². The van der Waals surface area contributed by atoms with Crippen molar-refractivity contribution in [2.24, 2.45) is 7.05 Å². The Morgan fingerprint density at radius 2 is 2.39 bits per heavy atom. The molecule has 2 aromatic rings. The Labute approximate surface area is 103 Å². The van der Waals surface area contributed by atoms with Crippen LogP contribution in [0.1, 0.15) is 5.56 Å². The molecule has 0 aliphatic rings. The topological polar surface area (TPSA) is 77.2 Å². The SMILES string of the molecule is Cn1cc(Oc2ncccc2/C=C/C(=O)O)cn1. The molecular weight excluding hydrogens is 234 g/mol. The van der Waals surface area contributed by atoms with Gasteiger partial charge in [-0.05, 0) is 18.2 Å². The maximum atomic E-state index is 10.5. The van der Waals surface area contributed by atoms with Gasteiger partial charge in [0.15, 0.2) is 5.75 Å². The first-order chi connectivity index (χ1) is 8.65. The lowest BCUT2D eigenvalue weighted by Gasteiger charge is -2.04. The van der Waals surface area contributed by atoms with E-state index in [2.05, 4.69) is 10.1 Å². The minimum atomic E-state index is -1.02. The molecule has 0 saturated carbocycles. The van der Waals surface area contributed by atoms with Gasteiger partial charge in [0.05, 0.1) is 12.4 Å². The number of hydrogen-bond donors (Lipinski definition) is 1.